The van der Waals surface area contributed by atoms with Crippen molar-refractivity contribution in [1.29, 1.82) is 0 Å². The normalized spacial score (nSPS) is 10.3. The van der Waals surface area contributed by atoms with Crippen molar-refractivity contribution < 1.29 is 9.59 Å². The fraction of sp³-hybridized carbons (Fsp3) is 0.200. The van der Waals surface area contributed by atoms with Crippen molar-refractivity contribution in [2.24, 2.45) is 0 Å². The first-order valence-corrected chi connectivity index (χ1v) is 5.56. The van der Waals surface area contributed by atoms with Crippen molar-refractivity contribution in [3.63, 3.8) is 0 Å². The van der Waals surface area contributed by atoms with Gasteiger partial charge in [0, 0.05) is 0 Å². The predicted octanol–water partition coefficient (Wildman–Crippen LogP) is 2.92. The highest BCUT2D eigenvalue weighted by Crippen LogP contribution is 2.23. The van der Waals surface area contributed by atoms with E-state index in [4.69, 9.17) is 0 Å². The van der Waals surface area contributed by atoms with E-state index in [9.17, 15) is 9.59 Å². The van der Waals surface area contributed by atoms with Crippen LogP contribution in [0.15, 0.2) is 24.3 Å². The summed E-state index contributed by atoms with van der Waals surface area (Å²) in [4.78, 5) is 22.3. The van der Waals surface area contributed by atoms with E-state index in [-0.39, 0.29) is 9.39 Å². The van der Waals surface area contributed by atoms with Gasteiger partial charge >= 0.3 is 0 Å². The molecule has 2 nitrogen and oxygen atoms in total. The van der Waals surface area contributed by atoms with Crippen LogP contribution in [0, 0.1) is 6.92 Å². The Morgan fingerprint density at radius 3 is 1.86 bits per heavy atom. The smallest absolute Gasteiger partial charge is 0.213 e. The molecule has 0 spiro atoms. The van der Waals surface area contributed by atoms with Crippen LogP contribution in [0.1, 0.15) is 17.0 Å². The summed E-state index contributed by atoms with van der Waals surface area (Å²) in [6.07, 6.45) is 0. The molecule has 0 saturated carbocycles. The predicted molar refractivity (Wildman–Crippen MR) is 61.8 cm³/mol. The first kappa shape index (κ1) is 11.6. The van der Waals surface area contributed by atoms with E-state index in [0.29, 0.717) is 5.56 Å². The average Bonchev–Trinajstić information content (AvgIpc) is 2.07. The van der Waals surface area contributed by atoms with Crippen molar-refractivity contribution in [1.82, 2.24) is 0 Å². The van der Waals surface area contributed by atoms with E-state index >= 15 is 0 Å². The molecule has 0 heterocycles. The number of hydrogen-bond donors (Lipinski definition) is 0. The molecule has 1 aromatic carbocycles. The van der Waals surface area contributed by atoms with Crippen molar-refractivity contribution >= 4 is 41.2 Å². The Hall–Kier alpha value is -0.480. The molecule has 14 heavy (non-hydrogen) atoms. The SMILES string of the molecule is Cc1ccc(C(C(=O)Br)C(=O)Br)cc1. The standard InChI is InChI=1S/C10H8Br2O2/c1-6-2-4-7(5-3-6)8(9(11)13)10(12)14/h2-5,8H,1H3. The van der Waals surface area contributed by atoms with Crippen molar-refractivity contribution in [3.05, 3.63) is 35.4 Å². The topological polar surface area (TPSA) is 34.1 Å². The molecule has 74 valence electrons. The van der Waals surface area contributed by atoms with Crippen LogP contribution >= 0.6 is 31.9 Å². The summed E-state index contributed by atoms with van der Waals surface area (Å²) < 4.78 is -0.661. The van der Waals surface area contributed by atoms with E-state index in [1.54, 1.807) is 12.1 Å². The van der Waals surface area contributed by atoms with Gasteiger partial charge in [-0.1, -0.05) is 29.8 Å². The van der Waals surface area contributed by atoms with Gasteiger partial charge in [0.1, 0.15) is 5.92 Å². The van der Waals surface area contributed by atoms with E-state index < -0.39 is 5.92 Å². The molecule has 0 aliphatic heterocycles. The van der Waals surface area contributed by atoms with Crippen LogP contribution in [-0.4, -0.2) is 9.39 Å². The average molecular weight is 320 g/mol. The molecular weight excluding hydrogens is 312 g/mol. The third-order valence-electron chi connectivity index (χ3n) is 1.86. The van der Waals surface area contributed by atoms with Crippen LogP contribution in [0.4, 0.5) is 0 Å². The molecule has 0 atom stereocenters. The van der Waals surface area contributed by atoms with Crippen LogP contribution in [0.2, 0.25) is 0 Å². The first-order valence-electron chi connectivity index (χ1n) is 3.97. The monoisotopic (exact) mass is 318 g/mol. The molecule has 0 fully saturated rings. The van der Waals surface area contributed by atoms with Crippen LogP contribution in [0.3, 0.4) is 0 Å². The number of hydrogen-bond acceptors (Lipinski definition) is 2. The van der Waals surface area contributed by atoms with Crippen molar-refractivity contribution in [2.45, 2.75) is 12.8 Å². The van der Waals surface area contributed by atoms with Gasteiger partial charge in [-0.05, 0) is 44.3 Å². The second-order valence-corrected chi connectivity index (χ2v) is 4.52. The third-order valence-corrected chi connectivity index (χ3v) is 2.78. The Balaban J connectivity index is 3.06. The highest BCUT2D eigenvalue weighted by Gasteiger charge is 2.24. The molecule has 0 amide bonds. The largest absolute Gasteiger partial charge is 0.285 e. The number of benzene rings is 1. The summed E-state index contributed by atoms with van der Waals surface area (Å²) in [5.74, 6) is -0.754. The molecule has 4 heteroatoms. The maximum atomic E-state index is 11.1. The Labute approximate surface area is 98.9 Å². The summed E-state index contributed by atoms with van der Waals surface area (Å²) in [5, 5.41) is 0. The van der Waals surface area contributed by atoms with Gasteiger partial charge < -0.3 is 0 Å². The van der Waals surface area contributed by atoms with E-state index in [2.05, 4.69) is 31.9 Å². The lowest BCUT2D eigenvalue weighted by Gasteiger charge is -2.08. The molecule has 0 unspecified atom stereocenters. The lowest BCUT2D eigenvalue weighted by Crippen LogP contribution is -2.12. The fourth-order valence-corrected chi connectivity index (χ4v) is 2.36. The number of carbonyl (C=O) groups is 2. The number of rotatable bonds is 3. The molecule has 1 rings (SSSR count). The van der Waals surface area contributed by atoms with Gasteiger partial charge in [-0.2, -0.15) is 0 Å². The van der Waals surface area contributed by atoms with Crippen molar-refractivity contribution in [3.8, 4) is 0 Å². The zero-order valence-electron chi connectivity index (χ0n) is 7.46. The summed E-state index contributed by atoms with van der Waals surface area (Å²) in [6, 6.07) is 7.29. The second-order valence-electron chi connectivity index (χ2n) is 2.95. The lowest BCUT2D eigenvalue weighted by molar-refractivity contribution is -0.119. The minimum absolute atomic E-state index is 0.330. The number of aryl methyl sites for hydroxylation is 1. The number of carbonyl (C=O) groups excluding carboxylic acids is 2. The molecule has 0 N–H and O–H groups in total. The molecule has 0 saturated heterocycles. The highest BCUT2D eigenvalue weighted by molar-refractivity contribution is 9.19. The zero-order valence-corrected chi connectivity index (χ0v) is 10.6. The van der Waals surface area contributed by atoms with Gasteiger partial charge in [-0.3, -0.25) is 9.59 Å². The van der Waals surface area contributed by atoms with Crippen molar-refractivity contribution in [2.75, 3.05) is 0 Å². The molecule has 0 bridgehead atoms. The minimum Gasteiger partial charge on any atom is -0.285 e. The molecule has 0 aliphatic carbocycles. The Morgan fingerprint density at radius 2 is 1.50 bits per heavy atom. The molecule has 0 aliphatic rings. The summed E-state index contributed by atoms with van der Waals surface area (Å²) in [7, 11) is 0. The Kier molecular flexibility index (Phi) is 4.01. The van der Waals surface area contributed by atoms with Gasteiger partial charge in [0.05, 0.1) is 0 Å². The maximum Gasteiger partial charge on any atom is 0.213 e. The summed E-state index contributed by atoms with van der Waals surface area (Å²) in [5.41, 5.74) is 1.79. The zero-order chi connectivity index (χ0) is 10.7. The van der Waals surface area contributed by atoms with E-state index in [0.717, 1.165) is 5.56 Å². The summed E-state index contributed by atoms with van der Waals surface area (Å²) in [6.45, 7) is 1.95. The van der Waals surface area contributed by atoms with Gasteiger partial charge in [-0.15, -0.1) is 0 Å². The first-order chi connectivity index (χ1) is 6.52. The van der Waals surface area contributed by atoms with Gasteiger partial charge in [0.15, 0.2) is 0 Å². The van der Waals surface area contributed by atoms with E-state index in [1.807, 2.05) is 19.1 Å². The van der Waals surface area contributed by atoms with E-state index in [1.165, 1.54) is 0 Å². The quantitative estimate of drug-likeness (QED) is 0.634. The molecular formula is C10H8Br2O2. The maximum absolute atomic E-state index is 11.1. The minimum atomic E-state index is -0.754. The second kappa shape index (κ2) is 4.84. The third kappa shape index (κ3) is 2.75. The lowest BCUT2D eigenvalue weighted by atomic mass is 10.0. The summed E-state index contributed by atoms with van der Waals surface area (Å²) >= 11 is 5.61. The number of halogens is 2. The van der Waals surface area contributed by atoms with Gasteiger partial charge in [-0.25, -0.2) is 0 Å². The molecule has 0 radical (unpaired) electrons. The Morgan fingerprint density at radius 1 is 1.07 bits per heavy atom. The fourth-order valence-electron chi connectivity index (χ4n) is 1.11. The van der Waals surface area contributed by atoms with Gasteiger partial charge in [0.25, 0.3) is 0 Å². The van der Waals surface area contributed by atoms with Crippen LogP contribution < -0.4 is 0 Å². The van der Waals surface area contributed by atoms with Crippen LogP contribution in [-0.2, 0) is 9.59 Å². The van der Waals surface area contributed by atoms with Gasteiger partial charge in [0.2, 0.25) is 9.39 Å². The molecule has 1 aromatic rings. The van der Waals surface area contributed by atoms with Crippen LogP contribution in [0.25, 0.3) is 0 Å². The molecule has 0 aromatic heterocycles. The highest BCUT2D eigenvalue weighted by atomic mass is 79.9. The Bertz CT molecular complexity index is 343. The van der Waals surface area contributed by atoms with Crippen LogP contribution in [0.5, 0.6) is 0 Å².